The third kappa shape index (κ3) is 5.69. The van der Waals surface area contributed by atoms with Crippen molar-refractivity contribution in [1.82, 2.24) is 5.32 Å². The molecular formula is C24H22N2O6S. The zero-order chi connectivity index (χ0) is 23.4. The van der Waals surface area contributed by atoms with Crippen molar-refractivity contribution < 1.29 is 27.5 Å². The zero-order valence-electron chi connectivity index (χ0n) is 17.8. The average Bonchev–Trinajstić information content (AvgIpc) is 3.25. The molecule has 1 aliphatic heterocycles. The molecule has 0 aliphatic carbocycles. The van der Waals surface area contributed by atoms with E-state index in [0.717, 1.165) is 11.8 Å². The van der Waals surface area contributed by atoms with Gasteiger partial charge < -0.3 is 20.1 Å². The lowest BCUT2D eigenvalue weighted by molar-refractivity contribution is 0.0951. The van der Waals surface area contributed by atoms with Gasteiger partial charge in [0.1, 0.15) is 0 Å². The van der Waals surface area contributed by atoms with E-state index in [1.165, 1.54) is 0 Å². The molecule has 0 unspecified atom stereocenters. The number of para-hydroxylation sites is 1. The SMILES string of the molecule is CS(=O)(=O)Cc1ccc(C(=O)Nc2ccccc2C(=O)NCc2ccc3c(c2)OCO3)cc1. The number of amides is 2. The van der Waals surface area contributed by atoms with E-state index >= 15 is 0 Å². The van der Waals surface area contributed by atoms with Crippen LogP contribution in [0.3, 0.4) is 0 Å². The number of ether oxygens (including phenoxy) is 2. The van der Waals surface area contributed by atoms with Gasteiger partial charge in [0.25, 0.3) is 11.8 Å². The van der Waals surface area contributed by atoms with Gasteiger partial charge >= 0.3 is 0 Å². The van der Waals surface area contributed by atoms with Gasteiger partial charge in [-0.1, -0.05) is 30.3 Å². The summed E-state index contributed by atoms with van der Waals surface area (Å²) in [5.74, 6) is 0.463. The monoisotopic (exact) mass is 466 g/mol. The minimum Gasteiger partial charge on any atom is -0.454 e. The fourth-order valence-corrected chi connectivity index (χ4v) is 4.17. The number of fused-ring (bicyclic) bond motifs is 1. The van der Waals surface area contributed by atoms with Crippen LogP contribution in [0.4, 0.5) is 5.69 Å². The number of sulfone groups is 1. The number of benzene rings is 3. The Balaban J connectivity index is 1.42. The molecule has 0 saturated carbocycles. The van der Waals surface area contributed by atoms with Crippen LogP contribution in [-0.4, -0.2) is 33.3 Å². The quantitative estimate of drug-likeness (QED) is 0.554. The van der Waals surface area contributed by atoms with Gasteiger partial charge in [0.15, 0.2) is 21.3 Å². The van der Waals surface area contributed by atoms with Crippen LogP contribution >= 0.6 is 0 Å². The van der Waals surface area contributed by atoms with Crippen LogP contribution in [0.5, 0.6) is 11.5 Å². The van der Waals surface area contributed by atoms with Crippen LogP contribution in [0.25, 0.3) is 0 Å². The fraction of sp³-hybridized carbons (Fsp3) is 0.167. The second-order valence-corrected chi connectivity index (χ2v) is 9.78. The molecule has 0 spiro atoms. The van der Waals surface area contributed by atoms with Crippen molar-refractivity contribution >= 4 is 27.3 Å². The van der Waals surface area contributed by atoms with Crippen molar-refractivity contribution in [1.29, 1.82) is 0 Å². The molecular weight excluding hydrogens is 444 g/mol. The summed E-state index contributed by atoms with van der Waals surface area (Å²) in [6.45, 7) is 0.457. The van der Waals surface area contributed by atoms with E-state index in [0.29, 0.717) is 33.9 Å². The topological polar surface area (TPSA) is 111 Å². The molecule has 2 amide bonds. The van der Waals surface area contributed by atoms with Crippen molar-refractivity contribution in [2.45, 2.75) is 12.3 Å². The smallest absolute Gasteiger partial charge is 0.255 e. The summed E-state index contributed by atoms with van der Waals surface area (Å²) in [6.07, 6.45) is 1.15. The third-order valence-corrected chi connectivity index (χ3v) is 5.81. The maximum Gasteiger partial charge on any atom is 0.255 e. The molecule has 170 valence electrons. The zero-order valence-corrected chi connectivity index (χ0v) is 18.6. The molecule has 0 saturated heterocycles. The van der Waals surface area contributed by atoms with Crippen LogP contribution in [0.15, 0.2) is 66.7 Å². The first-order chi connectivity index (χ1) is 15.8. The lowest BCUT2D eigenvalue weighted by Crippen LogP contribution is -2.24. The van der Waals surface area contributed by atoms with Crippen LogP contribution in [0.1, 0.15) is 31.8 Å². The Morgan fingerprint density at radius 1 is 0.879 bits per heavy atom. The Morgan fingerprint density at radius 2 is 1.58 bits per heavy atom. The van der Waals surface area contributed by atoms with Crippen molar-refractivity contribution in [2.75, 3.05) is 18.4 Å². The number of nitrogens with one attached hydrogen (secondary N) is 2. The number of anilines is 1. The predicted octanol–water partition coefficient (Wildman–Crippen LogP) is 3.14. The van der Waals surface area contributed by atoms with E-state index in [9.17, 15) is 18.0 Å². The highest BCUT2D eigenvalue weighted by Gasteiger charge is 2.16. The van der Waals surface area contributed by atoms with E-state index < -0.39 is 15.7 Å². The van der Waals surface area contributed by atoms with E-state index in [-0.39, 0.29) is 25.0 Å². The highest BCUT2D eigenvalue weighted by Crippen LogP contribution is 2.32. The van der Waals surface area contributed by atoms with Gasteiger partial charge in [-0.3, -0.25) is 9.59 Å². The van der Waals surface area contributed by atoms with Gasteiger partial charge in [-0.2, -0.15) is 0 Å². The molecule has 2 N–H and O–H groups in total. The summed E-state index contributed by atoms with van der Waals surface area (Å²) in [5, 5.41) is 5.60. The van der Waals surface area contributed by atoms with Crippen LogP contribution in [0, 0.1) is 0 Å². The molecule has 4 rings (SSSR count). The highest BCUT2D eigenvalue weighted by molar-refractivity contribution is 7.89. The number of hydrogen-bond donors (Lipinski definition) is 2. The van der Waals surface area contributed by atoms with Crippen molar-refractivity contribution in [3.63, 3.8) is 0 Å². The molecule has 0 atom stereocenters. The first-order valence-corrected chi connectivity index (χ1v) is 12.2. The fourth-order valence-electron chi connectivity index (χ4n) is 3.37. The second kappa shape index (κ2) is 9.33. The van der Waals surface area contributed by atoms with E-state index in [1.807, 2.05) is 12.1 Å². The van der Waals surface area contributed by atoms with Gasteiger partial charge in [0.05, 0.1) is 17.0 Å². The lowest BCUT2D eigenvalue weighted by atomic mass is 10.1. The summed E-state index contributed by atoms with van der Waals surface area (Å²) in [4.78, 5) is 25.5. The van der Waals surface area contributed by atoms with E-state index in [4.69, 9.17) is 9.47 Å². The summed E-state index contributed by atoms with van der Waals surface area (Å²) in [7, 11) is -3.16. The molecule has 1 heterocycles. The normalized spacial score (nSPS) is 12.3. The summed E-state index contributed by atoms with van der Waals surface area (Å²) in [6, 6.07) is 18.4. The maximum absolute atomic E-state index is 12.8. The van der Waals surface area contributed by atoms with Crippen LogP contribution in [0.2, 0.25) is 0 Å². The number of hydrogen-bond acceptors (Lipinski definition) is 6. The molecule has 8 nitrogen and oxygen atoms in total. The van der Waals surface area contributed by atoms with Gasteiger partial charge in [0.2, 0.25) is 6.79 Å². The molecule has 0 fully saturated rings. The number of carbonyl (C=O) groups excluding carboxylic acids is 2. The van der Waals surface area contributed by atoms with E-state index in [2.05, 4.69) is 10.6 Å². The van der Waals surface area contributed by atoms with Crippen LogP contribution < -0.4 is 20.1 Å². The lowest BCUT2D eigenvalue weighted by Gasteiger charge is -2.12. The highest BCUT2D eigenvalue weighted by atomic mass is 32.2. The Labute approximate surface area is 191 Å². The summed E-state index contributed by atoms with van der Waals surface area (Å²) >= 11 is 0. The van der Waals surface area contributed by atoms with E-state index in [1.54, 1.807) is 54.6 Å². The molecule has 9 heteroatoms. The molecule has 3 aromatic rings. The Bertz CT molecular complexity index is 1300. The van der Waals surface area contributed by atoms with Gasteiger partial charge in [0, 0.05) is 18.4 Å². The van der Waals surface area contributed by atoms with Crippen molar-refractivity contribution in [2.24, 2.45) is 0 Å². The second-order valence-electron chi connectivity index (χ2n) is 7.64. The maximum atomic E-state index is 12.8. The third-order valence-electron chi connectivity index (χ3n) is 4.95. The Hall–Kier alpha value is -3.85. The molecule has 0 aromatic heterocycles. The Morgan fingerprint density at radius 3 is 2.33 bits per heavy atom. The Kier molecular flexibility index (Phi) is 6.32. The molecule has 0 bridgehead atoms. The minimum absolute atomic E-state index is 0.0960. The number of carbonyl (C=O) groups is 2. The number of rotatable bonds is 7. The average molecular weight is 467 g/mol. The molecule has 3 aromatic carbocycles. The van der Waals surface area contributed by atoms with Gasteiger partial charge in [-0.15, -0.1) is 0 Å². The summed E-state index contributed by atoms with van der Waals surface area (Å²) < 4.78 is 33.5. The first-order valence-electron chi connectivity index (χ1n) is 10.1. The molecule has 0 radical (unpaired) electrons. The van der Waals surface area contributed by atoms with Gasteiger partial charge in [-0.05, 0) is 47.5 Å². The summed E-state index contributed by atoms with van der Waals surface area (Å²) in [5.41, 5.74) is 2.48. The van der Waals surface area contributed by atoms with Crippen molar-refractivity contribution in [3.8, 4) is 11.5 Å². The van der Waals surface area contributed by atoms with Crippen molar-refractivity contribution in [3.05, 3.63) is 89.0 Å². The minimum atomic E-state index is -3.16. The standard InChI is InChI=1S/C24H22N2O6S/c1-33(29,30)14-16-6-9-18(10-7-16)23(27)26-20-5-3-2-4-19(20)24(28)25-13-17-8-11-21-22(12-17)32-15-31-21/h2-12H,13-15H2,1H3,(H,25,28)(H,26,27). The first kappa shape index (κ1) is 22.3. The largest absolute Gasteiger partial charge is 0.454 e. The predicted molar refractivity (Wildman–Crippen MR) is 123 cm³/mol. The van der Waals surface area contributed by atoms with Crippen LogP contribution in [-0.2, 0) is 22.1 Å². The van der Waals surface area contributed by atoms with Gasteiger partial charge in [-0.25, -0.2) is 8.42 Å². The molecule has 1 aliphatic rings. The molecule has 33 heavy (non-hydrogen) atoms.